The molecule has 3 rings (SSSR count). The van der Waals surface area contributed by atoms with E-state index < -0.39 is 0 Å². The second-order valence-electron chi connectivity index (χ2n) is 4.29. The largest absolute Gasteiger partial charge is 0.309 e. The Morgan fingerprint density at radius 3 is 3.06 bits per heavy atom. The van der Waals surface area contributed by atoms with Crippen LogP contribution in [0, 0.1) is 6.92 Å². The molecule has 3 nitrogen and oxygen atoms in total. The Balaban J connectivity index is 2.03. The van der Waals surface area contributed by atoms with Crippen LogP contribution in [0.15, 0.2) is 30.3 Å². The summed E-state index contributed by atoms with van der Waals surface area (Å²) in [6, 6.07) is 10.7. The van der Waals surface area contributed by atoms with Gasteiger partial charge in [-0.2, -0.15) is 5.10 Å². The third-order valence-corrected chi connectivity index (χ3v) is 2.98. The lowest BCUT2D eigenvalue weighted by molar-refractivity contribution is 0.476. The third kappa shape index (κ3) is 1.63. The molecule has 0 fully saturated rings. The molecule has 0 aliphatic carbocycles. The third-order valence-electron chi connectivity index (χ3n) is 2.98. The number of aryl methyl sites for hydroxylation is 1. The van der Waals surface area contributed by atoms with Crippen molar-refractivity contribution in [2.75, 3.05) is 6.54 Å². The summed E-state index contributed by atoms with van der Waals surface area (Å²) in [5, 5.41) is 8.00. The molecule has 16 heavy (non-hydrogen) atoms. The molecule has 3 heteroatoms. The Morgan fingerprint density at radius 1 is 1.31 bits per heavy atom. The standard InChI is InChI=1S/C13H15N3/c1-10-3-2-4-11(7-10)13-8-12-9-14-5-6-16(12)15-13/h2-4,7-8,14H,5-6,9H2,1H3. The highest BCUT2D eigenvalue weighted by atomic mass is 15.3. The van der Waals surface area contributed by atoms with Gasteiger partial charge in [0.2, 0.25) is 0 Å². The molecule has 0 atom stereocenters. The average Bonchev–Trinajstić information content (AvgIpc) is 2.72. The molecule has 0 amide bonds. The van der Waals surface area contributed by atoms with Crippen molar-refractivity contribution >= 4 is 0 Å². The fourth-order valence-corrected chi connectivity index (χ4v) is 2.14. The highest BCUT2D eigenvalue weighted by Gasteiger charge is 2.12. The molecule has 0 radical (unpaired) electrons. The fourth-order valence-electron chi connectivity index (χ4n) is 2.14. The number of nitrogens with zero attached hydrogens (tertiary/aromatic N) is 2. The Labute approximate surface area is 95.1 Å². The summed E-state index contributed by atoms with van der Waals surface area (Å²) in [5.41, 5.74) is 4.86. The molecule has 0 unspecified atom stereocenters. The predicted octanol–water partition coefficient (Wildman–Crippen LogP) is 1.96. The lowest BCUT2D eigenvalue weighted by Crippen LogP contribution is -2.28. The minimum Gasteiger partial charge on any atom is -0.309 e. The van der Waals surface area contributed by atoms with Gasteiger partial charge in [0, 0.05) is 18.7 Å². The fraction of sp³-hybridized carbons (Fsp3) is 0.308. The Kier molecular flexibility index (Phi) is 2.26. The van der Waals surface area contributed by atoms with E-state index in [0.717, 1.165) is 25.3 Å². The van der Waals surface area contributed by atoms with E-state index in [9.17, 15) is 0 Å². The monoisotopic (exact) mass is 213 g/mol. The van der Waals surface area contributed by atoms with E-state index in [1.807, 2.05) is 0 Å². The minimum atomic E-state index is 0.929. The van der Waals surface area contributed by atoms with Crippen molar-refractivity contribution in [3.63, 3.8) is 0 Å². The van der Waals surface area contributed by atoms with Crippen molar-refractivity contribution in [3.8, 4) is 11.3 Å². The maximum absolute atomic E-state index is 4.64. The van der Waals surface area contributed by atoms with E-state index in [-0.39, 0.29) is 0 Å². The van der Waals surface area contributed by atoms with Crippen LogP contribution in [0.2, 0.25) is 0 Å². The number of fused-ring (bicyclic) bond motifs is 1. The van der Waals surface area contributed by atoms with Gasteiger partial charge in [-0.15, -0.1) is 0 Å². The van der Waals surface area contributed by atoms with Crippen molar-refractivity contribution in [1.82, 2.24) is 15.1 Å². The second-order valence-corrected chi connectivity index (χ2v) is 4.29. The van der Waals surface area contributed by atoms with Crippen LogP contribution >= 0.6 is 0 Å². The number of benzene rings is 1. The summed E-state index contributed by atoms with van der Waals surface area (Å²) < 4.78 is 2.11. The summed E-state index contributed by atoms with van der Waals surface area (Å²) >= 11 is 0. The molecule has 82 valence electrons. The Bertz CT molecular complexity index is 490. The second kappa shape index (κ2) is 3.76. The average molecular weight is 213 g/mol. The van der Waals surface area contributed by atoms with E-state index in [4.69, 9.17) is 0 Å². The minimum absolute atomic E-state index is 0.929. The van der Waals surface area contributed by atoms with Crippen LogP contribution in [-0.2, 0) is 13.1 Å². The first-order valence-corrected chi connectivity index (χ1v) is 5.67. The van der Waals surface area contributed by atoms with Crippen LogP contribution in [-0.4, -0.2) is 16.3 Å². The molecule has 1 N–H and O–H groups in total. The van der Waals surface area contributed by atoms with Crippen molar-refractivity contribution < 1.29 is 0 Å². The van der Waals surface area contributed by atoms with Crippen LogP contribution in [0.3, 0.4) is 0 Å². The molecule has 0 saturated carbocycles. The van der Waals surface area contributed by atoms with Crippen LogP contribution in [0.25, 0.3) is 11.3 Å². The summed E-state index contributed by atoms with van der Waals surface area (Å²) in [6.07, 6.45) is 0. The molecule has 1 aliphatic rings. The quantitative estimate of drug-likeness (QED) is 0.784. The molecule has 1 aromatic carbocycles. The van der Waals surface area contributed by atoms with Gasteiger partial charge in [0.15, 0.2) is 0 Å². The predicted molar refractivity (Wildman–Crippen MR) is 64.1 cm³/mol. The lowest BCUT2D eigenvalue weighted by atomic mass is 10.1. The number of hydrogen-bond acceptors (Lipinski definition) is 2. The molecule has 2 heterocycles. The first kappa shape index (κ1) is 9.60. The van der Waals surface area contributed by atoms with E-state index in [2.05, 4.69) is 52.4 Å². The number of hydrogen-bond donors (Lipinski definition) is 1. The summed E-state index contributed by atoms with van der Waals surface area (Å²) in [5.74, 6) is 0. The summed E-state index contributed by atoms with van der Waals surface area (Å²) in [7, 11) is 0. The van der Waals surface area contributed by atoms with Crippen LogP contribution in [0.1, 0.15) is 11.3 Å². The van der Waals surface area contributed by atoms with Gasteiger partial charge in [-0.05, 0) is 19.1 Å². The maximum Gasteiger partial charge on any atom is 0.0926 e. The van der Waals surface area contributed by atoms with Gasteiger partial charge in [-0.25, -0.2) is 0 Å². The van der Waals surface area contributed by atoms with Gasteiger partial charge in [0.25, 0.3) is 0 Å². The van der Waals surface area contributed by atoms with Crippen molar-refractivity contribution in [3.05, 3.63) is 41.6 Å². The van der Waals surface area contributed by atoms with E-state index >= 15 is 0 Å². The van der Waals surface area contributed by atoms with Crippen LogP contribution < -0.4 is 5.32 Å². The van der Waals surface area contributed by atoms with Gasteiger partial charge < -0.3 is 5.32 Å². The zero-order valence-corrected chi connectivity index (χ0v) is 9.40. The molecule has 0 spiro atoms. The molecular weight excluding hydrogens is 198 g/mol. The van der Waals surface area contributed by atoms with Crippen molar-refractivity contribution in [2.45, 2.75) is 20.0 Å². The van der Waals surface area contributed by atoms with Crippen molar-refractivity contribution in [1.29, 1.82) is 0 Å². The lowest BCUT2D eigenvalue weighted by Gasteiger charge is -2.13. The number of rotatable bonds is 1. The van der Waals surface area contributed by atoms with E-state index in [1.165, 1.54) is 16.8 Å². The van der Waals surface area contributed by atoms with Crippen LogP contribution in [0.5, 0.6) is 0 Å². The molecule has 0 saturated heterocycles. The first-order valence-electron chi connectivity index (χ1n) is 5.67. The zero-order chi connectivity index (χ0) is 11.0. The summed E-state index contributed by atoms with van der Waals surface area (Å²) in [4.78, 5) is 0. The summed E-state index contributed by atoms with van der Waals surface area (Å²) in [6.45, 7) is 5.03. The number of aromatic nitrogens is 2. The van der Waals surface area contributed by atoms with Gasteiger partial charge in [-0.3, -0.25) is 4.68 Å². The molecule has 2 aromatic rings. The SMILES string of the molecule is Cc1cccc(-c2cc3n(n2)CCNC3)c1. The van der Waals surface area contributed by atoms with Gasteiger partial charge in [0.1, 0.15) is 0 Å². The zero-order valence-electron chi connectivity index (χ0n) is 9.40. The highest BCUT2D eigenvalue weighted by molar-refractivity contribution is 5.60. The normalized spacial score (nSPS) is 14.8. The Morgan fingerprint density at radius 2 is 2.25 bits per heavy atom. The molecular formula is C13H15N3. The topological polar surface area (TPSA) is 29.9 Å². The Hall–Kier alpha value is -1.61. The van der Waals surface area contributed by atoms with Gasteiger partial charge in [-0.1, -0.05) is 23.8 Å². The van der Waals surface area contributed by atoms with Gasteiger partial charge >= 0.3 is 0 Å². The van der Waals surface area contributed by atoms with Gasteiger partial charge in [0.05, 0.1) is 17.9 Å². The van der Waals surface area contributed by atoms with Crippen LogP contribution in [0.4, 0.5) is 0 Å². The van der Waals surface area contributed by atoms with E-state index in [1.54, 1.807) is 0 Å². The first-order chi connectivity index (χ1) is 7.83. The maximum atomic E-state index is 4.64. The smallest absolute Gasteiger partial charge is 0.0926 e. The molecule has 1 aliphatic heterocycles. The van der Waals surface area contributed by atoms with Crippen molar-refractivity contribution in [2.24, 2.45) is 0 Å². The number of nitrogens with one attached hydrogen (secondary N) is 1. The molecule has 0 bridgehead atoms. The molecule has 1 aromatic heterocycles. The highest BCUT2D eigenvalue weighted by Crippen LogP contribution is 2.21. The van der Waals surface area contributed by atoms with E-state index in [0.29, 0.717) is 0 Å².